The molecular weight excluding hydrogens is 573 g/mol. The van der Waals surface area contributed by atoms with Crippen LogP contribution in [0.4, 0.5) is 0 Å². The minimum atomic E-state index is -0.0447. The van der Waals surface area contributed by atoms with Gasteiger partial charge in [0.25, 0.3) is 0 Å². The normalized spacial score (nSPS) is 13.6. The van der Waals surface area contributed by atoms with Crippen LogP contribution in [0.3, 0.4) is 0 Å². The van der Waals surface area contributed by atoms with Crippen LogP contribution < -0.4 is 0 Å². The summed E-state index contributed by atoms with van der Waals surface area (Å²) in [5, 5.41) is 9.25. The van der Waals surface area contributed by atoms with E-state index in [1.54, 1.807) is 0 Å². The zero-order chi connectivity index (χ0) is 30.6. The summed E-state index contributed by atoms with van der Waals surface area (Å²) in [6.45, 7) is 4.74. The third-order valence-corrected chi connectivity index (χ3v) is 11.6. The summed E-state index contributed by atoms with van der Waals surface area (Å²) < 4.78 is 1.33. The molecule has 1 heteroatoms. The zero-order valence-corrected chi connectivity index (χ0v) is 26.6. The molecule has 1 aliphatic carbocycles. The van der Waals surface area contributed by atoms with Gasteiger partial charge in [-0.25, -0.2) is 0 Å². The van der Waals surface area contributed by atoms with Crippen molar-refractivity contribution >= 4 is 53.7 Å². The third kappa shape index (κ3) is 3.61. The van der Waals surface area contributed by atoms with Gasteiger partial charge in [0, 0.05) is 15.0 Å². The molecule has 0 nitrogen and oxygen atoms in total. The first kappa shape index (κ1) is 26.0. The Labute approximate surface area is 272 Å². The van der Waals surface area contributed by atoms with Crippen molar-refractivity contribution < 1.29 is 0 Å². The largest absolute Gasteiger partial charge is 0.135 e. The van der Waals surface area contributed by atoms with Crippen LogP contribution in [-0.2, 0) is 5.41 Å². The minimum Gasteiger partial charge on any atom is -0.135 e. The highest BCUT2D eigenvalue weighted by atomic mass is 32.1. The first-order valence-electron chi connectivity index (χ1n) is 16.1. The number of benzene rings is 8. The van der Waals surface area contributed by atoms with Gasteiger partial charge in [-0.3, -0.25) is 0 Å². The molecule has 0 saturated carbocycles. The van der Waals surface area contributed by atoms with E-state index in [4.69, 9.17) is 0 Å². The summed E-state index contributed by atoms with van der Waals surface area (Å²) in [6.07, 6.45) is 0. The van der Waals surface area contributed by atoms with Crippen LogP contribution in [0.5, 0.6) is 0 Å². The third-order valence-electron chi connectivity index (χ3n) is 10.4. The number of fused-ring (bicyclic) bond motifs is 4. The summed E-state index contributed by atoms with van der Waals surface area (Å²) in [5.74, 6) is 0. The molecule has 0 aliphatic heterocycles. The first-order valence-corrected chi connectivity index (χ1v) is 16.9. The fraction of sp³-hybridized carbons (Fsp3) is 0.0667. The Kier molecular flexibility index (Phi) is 5.31. The molecule has 46 heavy (non-hydrogen) atoms. The van der Waals surface area contributed by atoms with Gasteiger partial charge in [-0.15, -0.1) is 11.3 Å². The van der Waals surface area contributed by atoms with E-state index >= 15 is 0 Å². The molecule has 0 spiro atoms. The Balaban J connectivity index is 1.21. The Bertz CT molecular complexity index is 2600. The smallest absolute Gasteiger partial charge is 0.0355 e. The van der Waals surface area contributed by atoms with E-state index in [0.717, 1.165) is 0 Å². The summed E-state index contributed by atoms with van der Waals surface area (Å²) in [4.78, 5) is 1.31. The van der Waals surface area contributed by atoms with Crippen LogP contribution in [-0.4, -0.2) is 0 Å². The SMILES string of the molecule is CC1(C)c2ccccc2-c2ccc(-c3cc(-c4ccc(-c5cc6ccccc6s5)cc4)c4ccc5cccc6ccc3c4c56)cc21. The molecule has 0 amide bonds. The first-order chi connectivity index (χ1) is 22.5. The number of thiophene rings is 1. The van der Waals surface area contributed by atoms with Crippen LogP contribution in [0.2, 0.25) is 0 Å². The fourth-order valence-electron chi connectivity index (χ4n) is 8.12. The summed E-state index contributed by atoms with van der Waals surface area (Å²) in [6, 6.07) is 54.7. The molecular formula is C45H30S. The van der Waals surface area contributed by atoms with Gasteiger partial charge >= 0.3 is 0 Å². The average Bonchev–Trinajstić information content (AvgIpc) is 3.64. The molecule has 0 radical (unpaired) electrons. The summed E-state index contributed by atoms with van der Waals surface area (Å²) in [7, 11) is 0. The number of rotatable bonds is 3. The lowest BCUT2D eigenvalue weighted by molar-refractivity contribution is 0.660. The predicted octanol–water partition coefficient (Wildman–Crippen LogP) is 13.1. The van der Waals surface area contributed by atoms with Crippen molar-refractivity contribution in [3.05, 3.63) is 157 Å². The second-order valence-electron chi connectivity index (χ2n) is 13.3. The molecule has 0 atom stereocenters. The van der Waals surface area contributed by atoms with Crippen molar-refractivity contribution in [1.82, 2.24) is 0 Å². The van der Waals surface area contributed by atoms with Crippen LogP contribution in [0, 0.1) is 0 Å². The van der Waals surface area contributed by atoms with Crippen molar-refractivity contribution in [3.63, 3.8) is 0 Å². The van der Waals surface area contributed by atoms with Gasteiger partial charge in [0.1, 0.15) is 0 Å². The monoisotopic (exact) mass is 602 g/mol. The summed E-state index contributed by atoms with van der Waals surface area (Å²) in [5.41, 5.74) is 11.9. The van der Waals surface area contributed by atoms with Gasteiger partial charge < -0.3 is 0 Å². The quantitative estimate of drug-likeness (QED) is 0.177. The Hall–Kier alpha value is -5.24. The molecule has 0 bridgehead atoms. The van der Waals surface area contributed by atoms with E-state index in [1.807, 2.05) is 11.3 Å². The van der Waals surface area contributed by atoms with Crippen LogP contribution in [0.15, 0.2) is 146 Å². The molecule has 216 valence electrons. The molecule has 10 rings (SSSR count). The highest BCUT2D eigenvalue weighted by Gasteiger charge is 2.35. The zero-order valence-electron chi connectivity index (χ0n) is 25.8. The second-order valence-corrected chi connectivity index (χ2v) is 14.4. The topological polar surface area (TPSA) is 0 Å². The molecule has 8 aromatic carbocycles. The standard InChI is InChI=1S/C45H30S/c1-45(2)39-12-5-4-11-33(39)34-21-20-31(24-40(34)45)38-26-37(35-22-18-29-9-7-10-30-19-23-36(38)44(35)43(29)30)27-14-16-28(17-15-27)42-25-32-8-3-6-13-41(32)46-42/h3-26H,1-2H3. The van der Waals surface area contributed by atoms with Gasteiger partial charge in [0.05, 0.1) is 0 Å². The molecule has 1 aromatic heterocycles. The molecule has 1 heterocycles. The van der Waals surface area contributed by atoms with Crippen LogP contribution >= 0.6 is 11.3 Å². The lowest BCUT2D eigenvalue weighted by atomic mass is 9.80. The molecule has 0 unspecified atom stereocenters. The van der Waals surface area contributed by atoms with Crippen molar-refractivity contribution in [2.45, 2.75) is 19.3 Å². The van der Waals surface area contributed by atoms with Crippen molar-refractivity contribution in [3.8, 4) is 43.8 Å². The lowest BCUT2D eigenvalue weighted by Crippen LogP contribution is -2.14. The molecule has 9 aromatic rings. The molecule has 0 saturated heterocycles. The average molecular weight is 603 g/mol. The van der Waals surface area contributed by atoms with E-state index in [2.05, 4.69) is 159 Å². The maximum atomic E-state index is 2.47. The highest BCUT2D eigenvalue weighted by molar-refractivity contribution is 7.22. The van der Waals surface area contributed by atoms with E-state index in [0.29, 0.717) is 0 Å². The maximum absolute atomic E-state index is 2.47. The highest BCUT2D eigenvalue weighted by Crippen LogP contribution is 2.51. The number of hydrogen-bond donors (Lipinski definition) is 0. The molecule has 1 aliphatic rings. The van der Waals surface area contributed by atoms with Crippen molar-refractivity contribution in [2.75, 3.05) is 0 Å². The Morgan fingerprint density at radius 2 is 1.04 bits per heavy atom. The van der Waals surface area contributed by atoms with E-state index in [1.165, 1.54) is 97.4 Å². The van der Waals surface area contributed by atoms with Gasteiger partial charge in [-0.05, 0) is 112 Å². The van der Waals surface area contributed by atoms with E-state index < -0.39 is 0 Å². The molecule has 0 N–H and O–H groups in total. The Morgan fingerprint density at radius 3 is 1.83 bits per heavy atom. The fourth-order valence-corrected chi connectivity index (χ4v) is 9.19. The molecule has 0 fully saturated rings. The minimum absolute atomic E-state index is 0.0447. The van der Waals surface area contributed by atoms with Gasteiger partial charge in [0.15, 0.2) is 0 Å². The van der Waals surface area contributed by atoms with E-state index in [9.17, 15) is 0 Å². The van der Waals surface area contributed by atoms with Gasteiger partial charge in [0.2, 0.25) is 0 Å². The summed E-state index contributed by atoms with van der Waals surface area (Å²) >= 11 is 1.86. The lowest BCUT2D eigenvalue weighted by Gasteiger charge is -2.23. The van der Waals surface area contributed by atoms with Gasteiger partial charge in [-0.1, -0.05) is 135 Å². The van der Waals surface area contributed by atoms with Crippen LogP contribution in [0.25, 0.3) is 86.2 Å². The Morgan fingerprint density at radius 1 is 0.413 bits per heavy atom. The van der Waals surface area contributed by atoms with Gasteiger partial charge in [-0.2, -0.15) is 0 Å². The van der Waals surface area contributed by atoms with E-state index in [-0.39, 0.29) is 5.41 Å². The second kappa shape index (κ2) is 9.39. The predicted molar refractivity (Wildman–Crippen MR) is 199 cm³/mol. The number of hydrogen-bond acceptors (Lipinski definition) is 1. The van der Waals surface area contributed by atoms with Crippen molar-refractivity contribution in [2.24, 2.45) is 0 Å². The van der Waals surface area contributed by atoms with Crippen LogP contribution in [0.1, 0.15) is 25.0 Å². The van der Waals surface area contributed by atoms with Crippen molar-refractivity contribution in [1.29, 1.82) is 0 Å². The maximum Gasteiger partial charge on any atom is 0.0355 e.